The fourth-order valence-corrected chi connectivity index (χ4v) is 2.74. The van der Waals surface area contributed by atoms with E-state index in [1.165, 1.54) is 12.1 Å². The van der Waals surface area contributed by atoms with Gasteiger partial charge in [-0.2, -0.15) is 0 Å². The first-order chi connectivity index (χ1) is 9.52. The Bertz CT molecular complexity index is 645. The highest BCUT2D eigenvalue weighted by molar-refractivity contribution is 7.99. The summed E-state index contributed by atoms with van der Waals surface area (Å²) < 4.78 is 14.9. The second-order valence-corrected chi connectivity index (χ2v) is 5.35. The second-order valence-electron chi connectivity index (χ2n) is 4.00. The van der Waals surface area contributed by atoms with E-state index in [1.54, 1.807) is 16.8 Å². The maximum Gasteiger partial charge on any atom is 0.313 e. The fraction of sp³-hybridized carbons (Fsp3) is 0.231. The monoisotopic (exact) mass is 314 g/mol. The van der Waals surface area contributed by atoms with Crippen LogP contribution < -0.4 is 0 Å². The smallest absolute Gasteiger partial charge is 0.313 e. The van der Waals surface area contributed by atoms with Crippen LogP contribution in [-0.2, 0) is 11.2 Å². The molecule has 1 heterocycles. The molecule has 1 aromatic heterocycles. The van der Waals surface area contributed by atoms with Gasteiger partial charge in [-0.15, -0.1) is 0 Å². The standard InChI is InChI=1S/C13H12ClFN2O2S/c1-2-9-6-16-13(20-7-12(18)19)17(9)11-4-3-8(15)5-10(11)14/h3-6H,2,7H2,1H3,(H,18,19). The van der Waals surface area contributed by atoms with Crippen LogP contribution in [-0.4, -0.2) is 26.4 Å². The molecule has 2 aromatic rings. The molecule has 0 aliphatic rings. The molecule has 2 rings (SSSR count). The Morgan fingerprint density at radius 3 is 2.90 bits per heavy atom. The number of carbonyl (C=O) groups is 1. The molecule has 0 aliphatic carbocycles. The van der Waals surface area contributed by atoms with Gasteiger partial charge in [0.05, 0.1) is 16.5 Å². The van der Waals surface area contributed by atoms with Gasteiger partial charge in [0, 0.05) is 11.9 Å². The molecule has 0 saturated heterocycles. The highest BCUT2D eigenvalue weighted by atomic mass is 35.5. The lowest BCUT2D eigenvalue weighted by Gasteiger charge is -2.12. The maximum absolute atomic E-state index is 13.1. The quantitative estimate of drug-likeness (QED) is 0.859. The molecular weight excluding hydrogens is 303 g/mol. The van der Waals surface area contributed by atoms with E-state index in [9.17, 15) is 9.18 Å². The highest BCUT2D eigenvalue weighted by Gasteiger charge is 2.15. The number of carboxylic acid groups (broad SMARTS) is 1. The number of aromatic nitrogens is 2. The van der Waals surface area contributed by atoms with E-state index >= 15 is 0 Å². The number of benzene rings is 1. The average molecular weight is 315 g/mol. The first-order valence-electron chi connectivity index (χ1n) is 5.89. The lowest BCUT2D eigenvalue weighted by Crippen LogP contribution is -2.04. The van der Waals surface area contributed by atoms with E-state index in [2.05, 4.69) is 4.98 Å². The van der Waals surface area contributed by atoms with Crippen LogP contribution in [0.4, 0.5) is 4.39 Å². The zero-order valence-corrected chi connectivity index (χ0v) is 12.2. The van der Waals surface area contributed by atoms with Gasteiger partial charge >= 0.3 is 5.97 Å². The molecule has 1 N–H and O–H groups in total. The van der Waals surface area contributed by atoms with Crippen LogP contribution in [0.3, 0.4) is 0 Å². The van der Waals surface area contributed by atoms with Crippen LogP contribution in [0.1, 0.15) is 12.6 Å². The van der Waals surface area contributed by atoms with Gasteiger partial charge in [0.15, 0.2) is 5.16 Å². The van der Waals surface area contributed by atoms with Crippen LogP contribution in [0, 0.1) is 5.82 Å². The zero-order valence-electron chi connectivity index (χ0n) is 10.6. The Morgan fingerprint density at radius 1 is 1.55 bits per heavy atom. The Labute approximate surface area is 124 Å². The van der Waals surface area contributed by atoms with Crippen molar-refractivity contribution in [3.8, 4) is 5.69 Å². The molecule has 0 spiro atoms. The SMILES string of the molecule is CCc1cnc(SCC(=O)O)n1-c1ccc(F)cc1Cl. The Balaban J connectivity index is 2.47. The summed E-state index contributed by atoms with van der Waals surface area (Å²) in [5.41, 5.74) is 1.47. The molecule has 106 valence electrons. The number of hydrogen-bond acceptors (Lipinski definition) is 3. The Morgan fingerprint density at radius 2 is 2.30 bits per heavy atom. The van der Waals surface area contributed by atoms with Crippen LogP contribution in [0.2, 0.25) is 5.02 Å². The van der Waals surface area contributed by atoms with E-state index < -0.39 is 11.8 Å². The van der Waals surface area contributed by atoms with Gasteiger partial charge in [-0.05, 0) is 24.6 Å². The van der Waals surface area contributed by atoms with Crippen molar-refractivity contribution in [2.75, 3.05) is 5.75 Å². The van der Waals surface area contributed by atoms with Crippen LogP contribution in [0.15, 0.2) is 29.6 Å². The van der Waals surface area contributed by atoms with E-state index in [0.29, 0.717) is 17.3 Å². The lowest BCUT2D eigenvalue weighted by atomic mass is 10.3. The minimum Gasteiger partial charge on any atom is -0.481 e. The van der Waals surface area contributed by atoms with Crippen LogP contribution in [0.25, 0.3) is 5.69 Å². The van der Waals surface area contributed by atoms with Crippen molar-refractivity contribution in [3.05, 3.63) is 40.9 Å². The number of hydrogen-bond donors (Lipinski definition) is 1. The van der Waals surface area contributed by atoms with Gasteiger partial charge in [-0.25, -0.2) is 9.37 Å². The molecule has 0 bridgehead atoms. The van der Waals surface area contributed by atoms with Crippen molar-refractivity contribution in [3.63, 3.8) is 0 Å². The molecule has 0 radical (unpaired) electrons. The third-order valence-corrected chi connectivity index (χ3v) is 3.88. The summed E-state index contributed by atoms with van der Waals surface area (Å²) in [7, 11) is 0. The summed E-state index contributed by atoms with van der Waals surface area (Å²) >= 11 is 7.17. The summed E-state index contributed by atoms with van der Waals surface area (Å²) in [6, 6.07) is 4.09. The predicted octanol–water partition coefficient (Wildman–Crippen LogP) is 3.40. The normalized spacial score (nSPS) is 10.8. The number of carboxylic acids is 1. The second kappa shape index (κ2) is 6.28. The molecule has 1 aromatic carbocycles. The third kappa shape index (κ3) is 3.13. The van der Waals surface area contributed by atoms with E-state index in [1.807, 2.05) is 6.92 Å². The van der Waals surface area contributed by atoms with Gasteiger partial charge in [0.1, 0.15) is 5.82 Å². The number of aryl methyl sites for hydroxylation is 1. The molecule has 0 saturated carbocycles. The molecule has 0 atom stereocenters. The fourth-order valence-electron chi connectivity index (χ4n) is 1.77. The summed E-state index contributed by atoms with van der Waals surface area (Å²) in [6.45, 7) is 1.95. The van der Waals surface area contributed by atoms with E-state index in [-0.39, 0.29) is 10.8 Å². The Kier molecular flexibility index (Phi) is 4.67. The van der Waals surface area contributed by atoms with Crippen molar-refractivity contribution in [2.24, 2.45) is 0 Å². The first kappa shape index (κ1) is 14.9. The minimum atomic E-state index is -0.923. The molecule has 7 heteroatoms. The number of thioether (sulfide) groups is 1. The number of rotatable bonds is 5. The summed E-state index contributed by atoms with van der Waals surface area (Å²) in [5.74, 6) is -1.44. The topological polar surface area (TPSA) is 55.1 Å². The van der Waals surface area contributed by atoms with Gasteiger partial charge in [-0.1, -0.05) is 30.3 Å². The molecular formula is C13H12ClFN2O2S. The lowest BCUT2D eigenvalue weighted by molar-refractivity contribution is -0.133. The van der Waals surface area contributed by atoms with Crippen molar-refractivity contribution >= 4 is 29.3 Å². The zero-order chi connectivity index (χ0) is 14.7. The maximum atomic E-state index is 13.1. The predicted molar refractivity (Wildman–Crippen MR) is 76.3 cm³/mol. The summed E-state index contributed by atoms with van der Waals surface area (Å²) in [6.07, 6.45) is 2.37. The number of halogens is 2. The molecule has 0 unspecified atom stereocenters. The van der Waals surface area contributed by atoms with Crippen LogP contribution in [0.5, 0.6) is 0 Å². The largest absolute Gasteiger partial charge is 0.481 e. The average Bonchev–Trinajstić information content (AvgIpc) is 2.79. The van der Waals surface area contributed by atoms with Gasteiger partial charge in [0.2, 0.25) is 0 Å². The minimum absolute atomic E-state index is 0.0982. The van der Waals surface area contributed by atoms with E-state index in [4.69, 9.17) is 16.7 Å². The van der Waals surface area contributed by atoms with Crippen molar-refractivity contribution in [1.29, 1.82) is 0 Å². The molecule has 0 aliphatic heterocycles. The van der Waals surface area contributed by atoms with Gasteiger partial charge < -0.3 is 5.11 Å². The van der Waals surface area contributed by atoms with Crippen molar-refractivity contribution in [1.82, 2.24) is 9.55 Å². The summed E-state index contributed by atoms with van der Waals surface area (Å²) in [5, 5.41) is 9.54. The molecule has 4 nitrogen and oxygen atoms in total. The summed E-state index contributed by atoms with van der Waals surface area (Å²) in [4.78, 5) is 14.9. The molecule has 20 heavy (non-hydrogen) atoms. The highest BCUT2D eigenvalue weighted by Crippen LogP contribution is 2.28. The molecule has 0 amide bonds. The van der Waals surface area contributed by atoms with Gasteiger partial charge in [-0.3, -0.25) is 9.36 Å². The van der Waals surface area contributed by atoms with Crippen LogP contribution >= 0.6 is 23.4 Å². The Hall–Kier alpha value is -1.53. The van der Waals surface area contributed by atoms with Crippen molar-refractivity contribution in [2.45, 2.75) is 18.5 Å². The first-order valence-corrected chi connectivity index (χ1v) is 7.26. The number of nitrogens with zero attached hydrogens (tertiary/aromatic N) is 2. The number of imidazole rings is 1. The van der Waals surface area contributed by atoms with E-state index in [0.717, 1.165) is 17.5 Å². The third-order valence-electron chi connectivity index (χ3n) is 2.64. The number of aliphatic carboxylic acids is 1. The van der Waals surface area contributed by atoms with Gasteiger partial charge in [0.25, 0.3) is 0 Å². The van der Waals surface area contributed by atoms with Crippen molar-refractivity contribution < 1.29 is 14.3 Å². The molecule has 0 fully saturated rings.